The first-order valence-corrected chi connectivity index (χ1v) is 7.73. The molecule has 1 heterocycles. The largest absolute Gasteiger partial charge is 0.486 e. The Balaban J connectivity index is 1.83. The molecule has 5 heteroatoms. The van der Waals surface area contributed by atoms with Crippen LogP contribution >= 0.6 is 0 Å². The van der Waals surface area contributed by atoms with E-state index in [1.807, 2.05) is 30.3 Å². The number of halogens is 1. The monoisotopic (exact) mass is 327 g/mol. The molecule has 3 rings (SSSR count). The Labute approximate surface area is 139 Å². The minimum absolute atomic E-state index is 0.147. The van der Waals surface area contributed by atoms with Crippen molar-refractivity contribution in [3.8, 4) is 5.75 Å². The summed E-state index contributed by atoms with van der Waals surface area (Å²) in [6, 6.07) is 14.2. The van der Waals surface area contributed by atoms with Crippen molar-refractivity contribution in [3.05, 3.63) is 65.6 Å². The van der Waals surface area contributed by atoms with Gasteiger partial charge >= 0.3 is 5.97 Å². The van der Waals surface area contributed by atoms with Gasteiger partial charge in [0.15, 0.2) is 11.6 Å². The molecule has 0 atom stereocenters. The number of aromatic nitrogens is 1. The van der Waals surface area contributed by atoms with Crippen molar-refractivity contribution in [3.63, 3.8) is 0 Å². The summed E-state index contributed by atoms with van der Waals surface area (Å²) in [6.07, 6.45) is -0.237. The van der Waals surface area contributed by atoms with Crippen molar-refractivity contribution < 1.29 is 18.7 Å². The lowest BCUT2D eigenvalue weighted by Gasteiger charge is -2.07. The fourth-order valence-electron chi connectivity index (χ4n) is 2.38. The molecule has 0 spiro atoms. The Bertz CT molecular complexity index is 856. The number of nitrogens with one attached hydrogen (secondary N) is 1. The van der Waals surface area contributed by atoms with Gasteiger partial charge in [-0.3, -0.25) is 0 Å². The maximum atomic E-state index is 14.6. The predicted octanol–water partition coefficient (Wildman–Crippen LogP) is 4.45. The molecule has 0 aliphatic carbocycles. The molecule has 0 saturated heterocycles. The number of hydrogen-bond acceptors (Lipinski definition) is 3. The van der Waals surface area contributed by atoms with Crippen LogP contribution in [0.4, 0.5) is 4.39 Å². The maximum Gasteiger partial charge on any atom is 0.355 e. The average Bonchev–Trinajstić information content (AvgIpc) is 3.00. The third kappa shape index (κ3) is 3.40. The van der Waals surface area contributed by atoms with Gasteiger partial charge in [0.05, 0.1) is 6.10 Å². The van der Waals surface area contributed by atoms with Gasteiger partial charge in [-0.05, 0) is 37.6 Å². The van der Waals surface area contributed by atoms with Crippen LogP contribution in [0.25, 0.3) is 10.9 Å². The normalized spacial score (nSPS) is 11.0. The highest BCUT2D eigenvalue weighted by atomic mass is 19.1. The molecule has 0 amide bonds. The van der Waals surface area contributed by atoms with Gasteiger partial charge in [0.1, 0.15) is 12.3 Å². The molecule has 0 radical (unpaired) electrons. The van der Waals surface area contributed by atoms with Crippen LogP contribution in [0.15, 0.2) is 48.5 Å². The molecule has 0 unspecified atom stereocenters. The van der Waals surface area contributed by atoms with Crippen LogP contribution < -0.4 is 4.74 Å². The zero-order valence-electron chi connectivity index (χ0n) is 13.5. The lowest BCUT2D eigenvalue weighted by atomic mass is 10.2. The summed E-state index contributed by atoms with van der Waals surface area (Å²) in [4.78, 5) is 14.8. The minimum Gasteiger partial charge on any atom is -0.486 e. The van der Waals surface area contributed by atoms with E-state index < -0.39 is 11.8 Å². The van der Waals surface area contributed by atoms with E-state index in [1.165, 1.54) is 6.07 Å². The first-order valence-electron chi connectivity index (χ1n) is 7.73. The van der Waals surface area contributed by atoms with Crippen LogP contribution in [0.5, 0.6) is 5.75 Å². The molecule has 2 aromatic carbocycles. The van der Waals surface area contributed by atoms with E-state index in [9.17, 15) is 9.18 Å². The molecule has 3 aromatic rings. The van der Waals surface area contributed by atoms with E-state index in [0.29, 0.717) is 10.9 Å². The number of aromatic amines is 1. The van der Waals surface area contributed by atoms with Gasteiger partial charge in [0, 0.05) is 10.9 Å². The van der Waals surface area contributed by atoms with Crippen LogP contribution in [-0.2, 0) is 11.3 Å². The van der Waals surface area contributed by atoms with E-state index in [0.717, 1.165) is 5.56 Å². The second-order valence-corrected chi connectivity index (χ2v) is 5.75. The maximum absolute atomic E-state index is 14.6. The Morgan fingerprint density at radius 1 is 1.17 bits per heavy atom. The fourth-order valence-corrected chi connectivity index (χ4v) is 2.38. The first kappa shape index (κ1) is 16.1. The molecule has 0 bridgehead atoms. The number of esters is 1. The molecule has 24 heavy (non-hydrogen) atoms. The highest BCUT2D eigenvalue weighted by molar-refractivity contribution is 5.95. The van der Waals surface area contributed by atoms with Crippen LogP contribution in [-0.4, -0.2) is 17.1 Å². The van der Waals surface area contributed by atoms with Gasteiger partial charge in [-0.1, -0.05) is 30.3 Å². The van der Waals surface area contributed by atoms with Gasteiger partial charge in [0.2, 0.25) is 0 Å². The summed E-state index contributed by atoms with van der Waals surface area (Å²) >= 11 is 0. The zero-order chi connectivity index (χ0) is 17.1. The van der Waals surface area contributed by atoms with Crippen molar-refractivity contribution >= 4 is 16.9 Å². The summed E-state index contributed by atoms with van der Waals surface area (Å²) < 4.78 is 25.3. The number of fused-ring (bicyclic) bond motifs is 1. The van der Waals surface area contributed by atoms with Gasteiger partial charge in [-0.25, -0.2) is 9.18 Å². The third-order valence-electron chi connectivity index (χ3n) is 3.50. The van der Waals surface area contributed by atoms with Crippen molar-refractivity contribution in [1.29, 1.82) is 0 Å². The first-order chi connectivity index (χ1) is 11.5. The number of benzene rings is 2. The molecule has 1 aromatic heterocycles. The second kappa shape index (κ2) is 6.74. The number of carbonyl (C=O) groups excluding carboxylic acids is 1. The molecule has 0 saturated carbocycles. The summed E-state index contributed by atoms with van der Waals surface area (Å²) in [5, 5.41) is 0.302. The third-order valence-corrected chi connectivity index (χ3v) is 3.50. The standard InChI is InChI=1S/C19H18FNO3/c1-12(2)24-19(22)16-10-14-15(21-16)8-9-17(18(14)20)23-11-13-6-4-3-5-7-13/h3-10,12,21H,11H2,1-2H3. The van der Waals surface area contributed by atoms with Gasteiger partial charge in [0.25, 0.3) is 0 Å². The van der Waals surface area contributed by atoms with Gasteiger partial charge in [-0.2, -0.15) is 0 Å². The van der Waals surface area contributed by atoms with Crippen molar-refractivity contribution in [2.45, 2.75) is 26.6 Å². The lowest BCUT2D eigenvalue weighted by molar-refractivity contribution is 0.0372. The number of carbonyl (C=O) groups is 1. The molecular weight excluding hydrogens is 309 g/mol. The van der Waals surface area contributed by atoms with Gasteiger partial charge < -0.3 is 14.5 Å². The zero-order valence-corrected chi connectivity index (χ0v) is 13.5. The summed E-state index contributed by atoms with van der Waals surface area (Å²) in [5.41, 5.74) is 1.69. The average molecular weight is 327 g/mol. The summed E-state index contributed by atoms with van der Waals surface area (Å²) in [5.74, 6) is -0.857. The highest BCUT2D eigenvalue weighted by Crippen LogP contribution is 2.28. The molecule has 0 aliphatic rings. The van der Waals surface area contributed by atoms with Gasteiger partial charge in [-0.15, -0.1) is 0 Å². The Hall–Kier alpha value is -2.82. The van der Waals surface area contributed by atoms with E-state index in [-0.39, 0.29) is 24.2 Å². The fraction of sp³-hybridized carbons (Fsp3) is 0.211. The van der Waals surface area contributed by atoms with Crippen LogP contribution in [0, 0.1) is 5.82 Å². The number of hydrogen-bond donors (Lipinski definition) is 1. The van der Waals surface area contributed by atoms with Crippen LogP contribution in [0.3, 0.4) is 0 Å². The molecule has 0 fully saturated rings. The number of rotatable bonds is 5. The molecular formula is C19H18FNO3. The number of H-pyrrole nitrogens is 1. The smallest absolute Gasteiger partial charge is 0.355 e. The minimum atomic E-state index is -0.507. The van der Waals surface area contributed by atoms with Crippen molar-refractivity contribution in [2.75, 3.05) is 0 Å². The Morgan fingerprint density at radius 2 is 1.92 bits per heavy atom. The van der Waals surface area contributed by atoms with E-state index in [4.69, 9.17) is 9.47 Å². The lowest BCUT2D eigenvalue weighted by Crippen LogP contribution is -2.11. The molecule has 124 valence electrons. The topological polar surface area (TPSA) is 51.3 Å². The summed E-state index contributed by atoms with van der Waals surface area (Å²) in [6.45, 7) is 3.79. The summed E-state index contributed by atoms with van der Waals surface area (Å²) in [7, 11) is 0. The van der Waals surface area contributed by atoms with Crippen molar-refractivity contribution in [1.82, 2.24) is 4.98 Å². The van der Waals surface area contributed by atoms with Crippen LogP contribution in [0.1, 0.15) is 29.9 Å². The Kier molecular flexibility index (Phi) is 4.51. The highest BCUT2D eigenvalue weighted by Gasteiger charge is 2.16. The van der Waals surface area contributed by atoms with Crippen molar-refractivity contribution in [2.24, 2.45) is 0 Å². The predicted molar refractivity (Wildman–Crippen MR) is 89.6 cm³/mol. The van der Waals surface area contributed by atoms with E-state index in [2.05, 4.69) is 4.98 Å². The van der Waals surface area contributed by atoms with E-state index >= 15 is 0 Å². The molecule has 0 aliphatic heterocycles. The Morgan fingerprint density at radius 3 is 2.62 bits per heavy atom. The second-order valence-electron chi connectivity index (χ2n) is 5.75. The molecule has 1 N–H and O–H groups in total. The van der Waals surface area contributed by atoms with E-state index in [1.54, 1.807) is 26.0 Å². The molecule has 4 nitrogen and oxygen atoms in total. The SMILES string of the molecule is CC(C)OC(=O)c1cc2c(F)c(OCc3ccccc3)ccc2[nH]1. The quantitative estimate of drug-likeness (QED) is 0.704. The van der Waals surface area contributed by atoms with Crippen LogP contribution in [0.2, 0.25) is 0 Å². The number of ether oxygens (including phenoxy) is 2.